The molecule has 1 aromatic rings. The van der Waals surface area contributed by atoms with E-state index in [4.69, 9.17) is 0 Å². The maximum absolute atomic E-state index is 13.4. The van der Waals surface area contributed by atoms with Crippen molar-refractivity contribution in [1.82, 2.24) is 10.6 Å². The molecule has 2 rings (SSSR count). The molecule has 0 heterocycles. The molecular weight excluding hydrogens is 375 g/mol. The second-order valence-electron chi connectivity index (χ2n) is 4.82. The van der Waals surface area contributed by atoms with Gasteiger partial charge < -0.3 is 10.6 Å². The lowest BCUT2D eigenvalue weighted by Crippen LogP contribution is -2.37. The molecule has 1 aliphatic rings. The first-order chi connectivity index (χ1) is 9.19. The molecule has 1 aromatic carbocycles. The van der Waals surface area contributed by atoms with Crippen LogP contribution in [-0.4, -0.2) is 19.6 Å². The Kier molecular flexibility index (Phi) is 7.18. The number of benzene rings is 1. The molecule has 1 fully saturated rings. The number of halogens is 3. The van der Waals surface area contributed by atoms with Crippen molar-refractivity contribution in [3.05, 3.63) is 35.4 Å². The van der Waals surface area contributed by atoms with E-state index in [-0.39, 0.29) is 30.5 Å². The third-order valence-electron chi connectivity index (χ3n) is 3.22. The van der Waals surface area contributed by atoms with E-state index in [1.54, 1.807) is 7.05 Å². The van der Waals surface area contributed by atoms with Crippen molar-refractivity contribution in [2.75, 3.05) is 13.6 Å². The highest BCUT2D eigenvalue weighted by Crippen LogP contribution is 2.31. The number of nitrogens with one attached hydrogen (secondary N) is 2. The van der Waals surface area contributed by atoms with Crippen LogP contribution < -0.4 is 10.6 Å². The summed E-state index contributed by atoms with van der Waals surface area (Å²) < 4.78 is 26.4. The first kappa shape index (κ1) is 17.1. The van der Waals surface area contributed by atoms with Gasteiger partial charge in [-0.1, -0.05) is 12.8 Å². The average molecular weight is 395 g/mol. The number of rotatable bonds is 5. The molecule has 3 nitrogen and oxygen atoms in total. The first-order valence-electron chi connectivity index (χ1n) is 6.57. The van der Waals surface area contributed by atoms with E-state index >= 15 is 0 Å². The Hall–Kier alpha value is -0.920. The summed E-state index contributed by atoms with van der Waals surface area (Å²) in [7, 11) is 1.66. The fraction of sp³-hybridized carbons (Fsp3) is 0.500. The lowest BCUT2D eigenvalue weighted by molar-refractivity contribution is 0.580. The first-order valence-corrected chi connectivity index (χ1v) is 6.57. The second-order valence-corrected chi connectivity index (χ2v) is 4.82. The zero-order chi connectivity index (χ0) is 13.7. The molecule has 20 heavy (non-hydrogen) atoms. The topological polar surface area (TPSA) is 36.4 Å². The Bertz CT molecular complexity index is 462. The summed E-state index contributed by atoms with van der Waals surface area (Å²) in [6.07, 6.45) is 3.78. The van der Waals surface area contributed by atoms with Crippen molar-refractivity contribution in [2.24, 2.45) is 10.9 Å². The molecule has 112 valence electrons. The zero-order valence-corrected chi connectivity index (χ0v) is 13.8. The molecule has 0 saturated heterocycles. The number of aliphatic imine (C=N–C) groups is 1. The van der Waals surface area contributed by atoms with Crippen molar-refractivity contribution in [2.45, 2.75) is 25.8 Å². The highest BCUT2D eigenvalue weighted by molar-refractivity contribution is 14.0. The van der Waals surface area contributed by atoms with Crippen molar-refractivity contribution >= 4 is 29.9 Å². The molecule has 0 atom stereocenters. The van der Waals surface area contributed by atoms with Gasteiger partial charge in [-0.15, -0.1) is 24.0 Å². The molecular formula is C14H20F2IN3. The molecule has 0 spiro atoms. The summed E-state index contributed by atoms with van der Waals surface area (Å²) >= 11 is 0. The molecule has 0 unspecified atom stereocenters. The maximum Gasteiger partial charge on any atom is 0.191 e. The van der Waals surface area contributed by atoms with Crippen LogP contribution >= 0.6 is 24.0 Å². The van der Waals surface area contributed by atoms with Gasteiger partial charge in [0, 0.05) is 25.7 Å². The minimum Gasteiger partial charge on any atom is -0.356 e. The van der Waals surface area contributed by atoms with Gasteiger partial charge in [0.2, 0.25) is 0 Å². The molecule has 1 aliphatic carbocycles. The van der Waals surface area contributed by atoms with Crippen LogP contribution in [-0.2, 0) is 6.54 Å². The van der Waals surface area contributed by atoms with E-state index in [2.05, 4.69) is 15.6 Å². The fourth-order valence-electron chi connectivity index (χ4n) is 1.88. The Balaban J connectivity index is 0.00000200. The van der Waals surface area contributed by atoms with E-state index in [0.717, 1.165) is 31.0 Å². The van der Waals surface area contributed by atoms with Gasteiger partial charge in [-0.2, -0.15) is 0 Å². The van der Waals surface area contributed by atoms with E-state index < -0.39 is 11.6 Å². The van der Waals surface area contributed by atoms with Crippen molar-refractivity contribution in [3.8, 4) is 0 Å². The predicted octanol–water partition coefficient (Wildman–Crippen LogP) is 3.05. The van der Waals surface area contributed by atoms with Gasteiger partial charge in [-0.25, -0.2) is 8.78 Å². The van der Waals surface area contributed by atoms with Gasteiger partial charge in [0.1, 0.15) is 11.6 Å². The Morgan fingerprint density at radius 3 is 2.70 bits per heavy atom. The lowest BCUT2D eigenvalue weighted by atomic mass is 10.2. The van der Waals surface area contributed by atoms with Gasteiger partial charge in [0.25, 0.3) is 0 Å². The smallest absolute Gasteiger partial charge is 0.191 e. The third kappa shape index (κ3) is 5.60. The van der Waals surface area contributed by atoms with Crippen LogP contribution in [0.4, 0.5) is 8.78 Å². The SMILES string of the molecule is CN=C(NCCC1CC1)NCc1cc(F)ccc1F.I. The van der Waals surface area contributed by atoms with Crippen LogP contribution in [0.25, 0.3) is 0 Å². The lowest BCUT2D eigenvalue weighted by Gasteiger charge is -2.12. The van der Waals surface area contributed by atoms with Crippen LogP contribution in [0.15, 0.2) is 23.2 Å². The molecule has 0 bridgehead atoms. The normalized spacial score (nSPS) is 14.7. The van der Waals surface area contributed by atoms with Crippen molar-refractivity contribution < 1.29 is 8.78 Å². The second kappa shape index (κ2) is 8.39. The van der Waals surface area contributed by atoms with Crippen LogP contribution in [0.3, 0.4) is 0 Å². The van der Waals surface area contributed by atoms with E-state index in [9.17, 15) is 8.78 Å². The van der Waals surface area contributed by atoms with Gasteiger partial charge in [0.15, 0.2) is 5.96 Å². The number of hydrogen-bond donors (Lipinski definition) is 2. The summed E-state index contributed by atoms with van der Waals surface area (Å²) in [5.41, 5.74) is 0.296. The third-order valence-corrected chi connectivity index (χ3v) is 3.22. The van der Waals surface area contributed by atoms with Gasteiger partial charge >= 0.3 is 0 Å². The number of nitrogens with zero attached hydrogens (tertiary/aromatic N) is 1. The molecule has 0 aliphatic heterocycles. The Morgan fingerprint density at radius 2 is 2.05 bits per heavy atom. The van der Waals surface area contributed by atoms with Crippen LogP contribution in [0, 0.1) is 17.6 Å². The monoisotopic (exact) mass is 395 g/mol. The van der Waals surface area contributed by atoms with Crippen LogP contribution in [0.1, 0.15) is 24.8 Å². The average Bonchev–Trinajstić information content (AvgIpc) is 3.21. The number of guanidine groups is 1. The maximum atomic E-state index is 13.4. The molecule has 1 saturated carbocycles. The highest BCUT2D eigenvalue weighted by Gasteiger charge is 2.20. The van der Waals surface area contributed by atoms with E-state index in [0.29, 0.717) is 11.5 Å². The molecule has 0 radical (unpaired) electrons. The fourth-order valence-corrected chi connectivity index (χ4v) is 1.88. The van der Waals surface area contributed by atoms with Gasteiger partial charge in [0.05, 0.1) is 0 Å². The van der Waals surface area contributed by atoms with Crippen LogP contribution in [0.2, 0.25) is 0 Å². The summed E-state index contributed by atoms with van der Waals surface area (Å²) in [5, 5.41) is 6.15. The number of hydrogen-bond acceptors (Lipinski definition) is 1. The van der Waals surface area contributed by atoms with E-state index in [1.165, 1.54) is 18.9 Å². The standard InChI is InChI=1S/C14H19F2N3.HI/c1-17-14(18-7-6-10-2-3-10)19-9-11-8-12(15)4-5-13(11)16;/h4-5,8,10H,2-3,6-7,9H2,1H3,(H2,17,18,19);1H. The molecule has 6 heteroatoms. The van der Waals surface area contributed by atoms with Crippen LogP contribution in [0.5, 0.6) is 0 Å². The summed E-state index contributed by atoms with van der Waals surface area (Å²) in [5.74, 6) is 0.618. The van der Waals surface area contributed by atoms with E-state index in [1.807, 2.05) is 0 Å². The predicted molar refractivity (Wildman–Crippen MR) is 87.3 cm³/mol. The molecule has 2 N–H and O–H groups in total. The highest BCUT2D eigenvalue weighted by atomic mass is 127. The Labute approximate surface area is 135 Å². The summed E-state index contributed by atoms with van der Waals surface area (Å²) in [4.78, 5) is 4.05. The van der Waals surface area contributed by atoms with Gasteiger partial charge in [-0.05, 0) is 30.5 Å². The Morgan fingerprint density at radius 1 is 1.30 bits per heavy atom. The summed E-state index contributed by atoms with van der Waals surface area (Å²) in [6.45, 7) is 1.07. The minimum atomic E-state index is -0.435. The van der Waals surface area contributed by atoms with Crippen molar-refractivity contribution in [3.63, 3.8) is 0 Å². The van der Waals surface area contributed by atoms with Gasteiger partial charge in [-0.3, -0.25) is 4.99 Å². The molecule has 0 aromatic heterocycles. The zero-order valence-electron chi connectivity index (χ0n) is 11.5. The summed E-state index contributed by atoms with van der Waals surface area (Å²) in [6, 6.07) is 3.44. The largest absolute Gasteiger partial charge is 0.356 e. The molecule has 0 amide bonds. The van der Waals surface area contributed by atoms with Crippen molar-refractivity contribution in [1.29, 1.82) is 0 Å². The quantitative estimate of drug-likeness (QED) is 0.457. The minimum absolute atomic E-state index is 0.